The van der Waals surface area contributed by atoms with Gasteiger partial charge >= 0.3 is 0 Å². The van der Waals surface area contributed by atoms with Crippen LogP contribution in [0.3, 0.4) is 0 Å². The van der Waals surface area contributed by atoms with Crippen molar-refractivity contribution in [2.75, 3.05) is 18.0 Å². The lowest BCUT2D eigenvalue weighted by Gasteiger charge is -2.24. The van der Waals surface area contributed by atoms with Crippen LogP contribution in [0.25, 0.3) is 0 Å². The summed E-state index contributed by atoms with van der Waals surface area (Å²) in [6.07, 6.45) is 0.113. The summed E-state index contributed by atoms with van der Waals surface area (Å²) in [6, 6.07) is 7.38. The third-order valence-electron chi connectivity index (χ3n) is 3.40. The van der Waals surface area contributed by atoms with E-state index in [0.29, 0.717) is 18.5 Å². The number of hydrogen-bond acceptors (Lipinski definition) is 4. The van der Waals surface area contributed by atoms with E-state index in [9.17, 15) is 10.2 Å². The van der Waals surface area contributed by atoms with Crippen LogP contribution in [0.2, 0.25) is 0 Å². The van der Waals surface area contributed by atoms with Gasteiger partial charge < -0.3 is 15.1 Å². The molecular weight excluding hydrogens is 228 g/mol. The summed E-state index contributed by atoms with van der Waals surface area (Å²) in [6.45, 7) is 4.78. The first-order valence-corrected chi connectivity index (χ1v) is 6.12. The maximum atomic E-state index is 10.0. The Bertz CT molecular complexity index is 489. The van der Waals surface area contributed by atoms with Gasteiger partial charge in [-0.15, -0.1) is 0 Å². The van der Waals surface area contributed by atoms with Crippen molar-refractivity contribution >= 4 is 5.69 Å². The number of nitrogens with zero attached hydrogens (tertiary/aromatic N) is 2. The Labute approximate surface area is 107 Å². The van der Waals surface area contributed by atoms with E-state index in [1.54, 1.807) is 25.1 Å². The standard InChI is InChI=1S/C14H18N2O2/c1-10(17)12-4-3-11(8-15)7-13(12)16-6-5-14(2,18)9-16/h3-4,7,10,17-18H,5-6,9H2,1-2H3/t10-,14?/m1/s1. The van der Waals surface area contributed by atoms with Crippen molar-refractivity contribution in [1.29, 1.82) is 5.26 Å². The summed E-state index contributed by atoms with van der Waals surface area (Å²) in [4.78, 5) is 2.03. The second kappa shape index (κ2) is 4.60. The van der Waals surface area contributed by atoms with Crippen LogP contribution in [-0.4, -0.2) is 28.9 Å². The summed E-state index contributed by atoms with van der Waals surface area (Å²) in [5, 5.41) is 28.8. The third-order valence-corrected chi connectivity index (χ3v) is 3.40. The Morgan fingerprint density at radius 2 is 2.22 bits per heavy atom. The predicted octanol–water partition coefficient (Wildman–Crippen LogP) is 1.57. The summed E-state index contributed by atoms with van der Waals surface area (Å²) < 4.78 is 0. The van der Waals surface area contributed by atoms with Crippen LogP contribution < -0.4 is 4.90 Å². The Hall–Kier alpha value is -1.57. The zero-order valence-corrected chi connectivity index (χ0v) is 10.7. The lowest BCUT2D eigenvalue weighted by molar-refractivity contribution is 0.0839. The van der Waals surface area contributed by atoms with Gasteiger partial charge in [0.05, 0.1) is 23.3 Å². The zero-order valence-electron chi connectivity index (χ0n) is 10.7. The second-order valence-corrected chi connectivity index (χ2v) is 5.23. The molecule has 96 valence electrons. The van der Waals surface area contributed by atoms with E-state index >= 15 is 0 Å². The highest BCUT2D eigenvalue weighted by atomic mass is 16.3. The number of benzene rings is 1. The number of β-amino-alcohol motifs (C(OH)–C–C–N with tert-alkyl or cyclic N) is 1. The minimum Gasteiger partial charge on any atom is -0.389 e. The van der Waals surface area contributed by atoms with E-state index in [-0.39, 0.29) is 0 Å². The molecule has 0 radical (unpaired) electrons. The lowest BCUT2D eigenvalue weighted by Crippen LogP contribution is -2.30. The molecule has 2 N–H and O–H groups in total. The first kappa shape index (κ1) is 12.9. The maximum absolute atomic E-state index is 10.0. The van der Waals surface area contributed by atoms with Gasteiger partial charge in [-0.25, -0.2) is 0 Å². The number of aliphatic hydroxyl groups excluding tert-OH is 1. The minimum absolute atomic E-state index is 0.529. The van der Waals surface area contributed by atoms with E-state index in [0.717, 1.165) is 17.8 Å². The second-order valence-electron chi connectivity index (χ2n) is 5.23. The van der Waals surface area contributed by atoms with E-state index in [4.69, 9.17) is 5.26 Å². The van der Waals surface area contributed by atoms with Crippen LogP contribution in [0.1, 0.15) is 37.5 Å². The Balaban J connectivity index is 2.39. The van der Waals surface area contributed by atoms with Crippen LogP contribution in [0, 0.1) is 11.3 Å². The molecule has 0 saturated carbocycles. The predicted molar refractivity (Wildman–Crippen MR) is 69.2 cm³/mol. The van der Waals surface area contributed by atoms with Gasteiger partial charge in [0.1, 0.15) is 0 Å². The largest absolute Gasteiger partial charge is 0.389 e. The molecule has 4 nitrogen and oxygen atoms in total. The third kappa shape index (κ3) is 2.47. The molecule has 2 rings (SSSR count). The topological polar surface area (TPSA) is 67.5 Å². The van der Waals surface area contributed by atoms with Gasteiger partial charge in [-0.3, -0.25) is 0 Å². The van der Waals surface area contributed by atoms with Crippen molar-refractivity contribution in [3.63, 3.8) is 0 Å². The van der Waals surface area contributed by atoms with Gasteiger partial charge in [0.25, 0.3) is 0 Å². The fourth-order valence-electron chi connectivity index (χ4n) is 2.39. The Morgan fingerprint density at radius 1 is 1.50 bits per heavy atom. The molecule has 1 fully saturated rings. The molecule has 1 aliphatic rings. The van der Waals surface area contributed by atoms with Gasteiger partial charge in [0.15, 0.2) is 0 Å². The van der Waals surface area contributed by atoms with Gasteiger partial charge in [-0.05, 0) is 32.4 Å². The van der Waals surface area contributed by atoms with Gasteiger partial charge in [0.2, 0.25) is 0 Å². The maximum Gasteiger partial charge on any atom is 0.0992 e. The first-order valence-electron chi connectivity index (χ1n) is 6.12. The highest BCUT2D eigenvalue weighted by Gasteiger charge is 2.32. The number of hydrogen-bond donors (Lipinski definition) is 2. The quantitative estimate of drug-likeness (QED) is 0.831. The number of nitriles is 1. The summed E-state index contributed by atoms with van der Waals surface area (Å²) in [5.41, 5.74) is 1.52. The van der Waals surface area contributed by atoms with Crippen molar-refractivity contribution < 1.29 is 10.2 Å². The summed E-state index contributed by atoms with van der Waals surface area (Å²) >= 11 is 0. The number of aliphatic hydroxyl groups is 2. The minimum atomic E-state index is -0.696. The van der Waals surface area contributed by atoms with Crippen molar-refractivity contribution in [1.82, 2.24) is 0 Å². The lowest BCUT2D eigenvalue weighted by atomic mass is 10.0. The van der Waals surface area contributed by atoms with Crippen LogP contribution in [0.4, 0.5) is 5.69 Å². The molecule has 0 spiro atoms. The average molecular weight is 246 g/mol. The molecule has 0 aliphatic carbocycles. The number of anilines is 1. The van der Waals surface area contributed by atoms with E-state index in [1.807, 2.05) is 11.8 Å². The highest BCUT2D eigenvalue weighted by Crippen LogP contribution is 2.32. The van der Waals surface area contributed by atoms with Crippen LogP contribution >= 0.6 is 0 Å². The molecule has 1 unspecified atom stereocenters. The molecule has 0 aromatic heterocycles. The number of rotatable bonds is 2. The molecule has 18 heavy (non-hydrogen) atoms. The van der Waals surface area contributed by atoms with Crippen molar-refractivity contribution in [2.45, 2.75) is 32.0 Å². The molecule has 1 saturated heterocycles. The Kier molecular flexibility index (Phi) is 3.29. The zero-order chi connectivity index (χ0) is 13.3. The van der Waals surface area contributed by atoms with Crippen LogP contribution in [-0.2, 0) is 0 Å². The first-order chi connectivity index (χ1) is 8.43. The summed E-state index contributed by atoms with van der Waals surface area (Å²) in [5.74, 6) is 0. The van der Waals surface area contributed by atoms with E-state index in [2.05, 4.69) is 6.07 Å². The molecule has 4 heteroatoms. The fourth-order valence-corrected chi connectivity index (χ4v) is 2.39. The molecular formula is C14H18N2O2. The Morgan fingerprint density at radius 3 is 2.72 bits per heavy atom. The van der Waals surface area contributed by atoms with Crippen molar-refractivity contribution in [3.05, 3.63) is 29.3 Å². The molecule has 1 heterocycles. The molecule has 1 aliphatic heterocycles. The van der Waals surface area contributed by atoms with Crippen molar-refractivity contribution in [2.24, 2.45) is 0 Å². The van der Waals surface area contributed by atoms with Crippen molar-refractivity contribution in [3.8, 4) is 6.07 Å². The van der Waals surface area contributed by atoms with Crippen LogP contribution in [0.5, 0.6) is 0 Å². The molecule has 0 bridgehead atoms. The van der Waals surface area contributed by atoms with E-state index in [1.165, 1.54) is 0 Å². The SMILES string of the molecule is C[C@@H](O)c1ccc(C#N)cc1N1CCC(C)(O)C1. The fraction of sp³-hybridized carbons (Fsp3) is 0.500. The van der Waals surface area contributed by atoms with E-state index < -0.39 is 11.7 Å². The average Bonchev–Trinajstić information content (AvgIpc) is 2.68. The normalized spacial score (nSPS) is 24.9. The van der Waals surface area contributed by atoms with Gasteiger partial charge in [-0.1, -0.05) is 6.07 Å². The molecule has 2 atom stereocenters. The smallest absolute Gasteiger partial charge is 0.0992 e. The molecule has 1 aromatic carbocycles. The molecule has 0 amide bonds. The van der Waals surface area contributed by atoms with Gasteiger partial charge in [0, 0.05) is 24.3 Å². The molecule has 1 aromatic rings. The monoisotopic (exact) mass is 246 g/mol. The van der Waals surface area contributed by atoms with Gasteiger partial charge in [-0.2, -0.15) is 5.26 Å². The highest BCUT2D eigenvalue weighted by molar-refractivity contribution is 5.59. The summed E-state index contributed by atoms with van der Waals surface area (Å²) in [7, 11) is 0. The van der Waals surface area contributed by atoms with Crippen LogP contribution in [0.15, 0.2) is 18.2 Å².